The minimum absolute atomic E-state index is 0.221. The first-order chi connectivity index (χ1) is 8.68. The van der Waals surface area contributed by atoms with Crippen LogP contribution in [0.3, 0.4) is 0 Å². The number of rotatable bonds is 8. The molecule has 0 aromatic carbocycles. The second-order valence-electron chi connectivity index (χ2n) is 4.59. The van der Waals surface area contributed by atoms with E-state index in [1.807, 2.05) is 12.2 Å². The summed E-state index contributed by atoms with van der Waals surface area (Å²) in [6, 6.07) is 0. The van der Waals surface area contributed by atoms with Crippen molar-refractivity contribution in [3.63, 3.8) is 0 Å². The van der Waals surface area contributed by atoms with Crippen molar-refractivity contribution in [3.05, 3.63) is 36.8 Å². The molecule has 1 aliphatic heterocycles. The van der Waals surface area contributed by atoms with Crippen LogP contribution >= 0.6 is 11.8 Å². The quantitative estimate of drug-likeness (QED) is 0.523. The fourth-order valence-corrected chi connectivity index (χ4v) is 3.05. The summed E-state index contributed by atoms with van der Waals surface area (Å²) in [7, 11) is 0. The van der Waals surface area contributed by atoms with Crippen molar-refractivity contribution in [1.82, 2.24) is 5.32 Å². The third-order valence-corrected chi connectivity index (χ3v) is 4.13. The molecule has 1 rings (SSSR count). The van der Waals surface area contributed by atoms with Crippen molar-refractivity contribution in [2.45, 2.75) is 44.6 Å². The summed E-state index contributed by atoms with van der Waals surface area (Å²) in [5.74, 6) is 0. The summed E-state index contributed by atoms with van der Waals surface area (Å²) < 4.78 is 0. The Morgan fingerprint density at radius 2 is 1.94 bits per heavy atom. The lowest BCUT2D eigenvalue weighted by Crippen LogP contribution is -2.24. The number of thioether (sulfide) groups is 1. The minimum Gasteiger partial charge on any atom is -0.365 e. The van der Waals surface area contributed by atoms with E-state index in [9.17, 15) is 0 Å². The van der Waals surface area contributed by atoms with E-state index in [2.05, 4.69) is 32.0 Å². The molecule has 1 N–H and O–H groups in total. The van der Waals surface area contributed by atoms with Crippen LogP contribution in [0.2, 0.25) is 0 Å². The largest absolute Gasteiger partial charge is 0.365 e. The third-order valence-electron chi connectivity index (χ3n) is 3.08. The number of amidine groups is 1. The van der Waals surface area contributed by atoms with Crippen molar-refractivity contribution < 1.29 is 0 Å². The molecule has 0 aromatic rings. The van der Waals surface area contributed by atoms with Crippen LogP contribution in [-0.2, 0) is 0 Å². The van der Waals surface area contributed by atoms with E-state index >= 15 is 0 Å². The van der Waals surface area contributed by atoms with Gasteiger partial charge in [0.15, 0.2) is 5.17 Å². The van der Waals surface area contributed by atoms with Crippen LogP contribution in [-0.4, -0.2) is 17.3 Å². The summed E-state index contributed by atoms with van der Waals surface area (Å²) in [4.78, 5) is 5.90. The Balaban J connectivity index is 2.62. The minimum atomic E-state index is -0.221. The van der Waals surface area contributed by atoms with E-state index in [0.717, 1.165) is 29.5 Å². The molecule has 1 aliphatic rings. The van der Waals surface area contributed by atoms with Crippen LogP contribution in [0.15, 0.2) is 41.8 Å². The molecule has 0 amide bonds. The molecule has 3 heteroatoms. The molecule has 0 bridgehead atoms. The zero-order valence-corrected chi connectivity index (χ0v) is 12.2. The van der Waals surface area contributed by atoms with Crippen LogP contribution in [0.25, 0.3) is 0 Å². The molecule has 0 unspecified atom stereocenters. The van der Waals surface area contributed by atoms with E-state index in [1.165, 1.54) is 19.3 Å². The standard InChI is InChI=1S/C15H24N2S/c1-5-8-9-12-16-14-17-15(10-6-2,11-7-3)13(4)18-14/h6-7H,2-5,8-12H2,1H3,(H,16,17). The van der Waals surface area contributed by atoms with Crippen molar-refractivity contribution in [1.29, 1.82) is 0 Å². The highest BCUT2D eigenvalue weighted by Gasteiger charge is 2.37. The summed E-state index contributed by atoms with van der Waals surface area (Å²) in [5.41, 5.74) is -0.221. The first-order valence-corrected chi connectivity index (χ1v) is 7.43. The number of hydrogen-bond acceptors (Lipinski definition) is 3. The second-order valence-corrected chi connectivity index (χ2v) is 5.68. The molecule has 18 heavy (non-hydrogen) atoms. The second kappa shape index (κ2) is 7.47. The Kier molecular flexibility index (Phi) is 6.27. The number of hydrogen-bond donors (Lipinski definition) is 1. The molecule has 0 saturated carbocycles. The van der Waals surface area contributed by atoms with Crippen molar-refractivity contribution in [2.24, 2.45) is 4.99 Å². The van der Waals surface area contributed by atoms with Gasteiger partial charge in [0, 0.05) is 11.4 Å². The van der Waals surface area contributed by atoms with Crippen LogP contribution in [0, 0.1) is 0 Å². The predicted octanol–water partition coefficient (Wildman–Crippen LogP) is 4.27. The van der Waals surface area contributed by atoms with Gasteiger partial charge in [0.2, 0.25) is 0 Å². The fourth-order valence-electron chi connectivity index (χ4n) is 2.02. The van der Waals surface area contributed by atoms with Crippen LogP contribution in [0.1, 0.15) is 39.0 Å². The average molecular weight is 264 g/mol. The zero-order chi connectivity index (χ0) is 13.4. The predicted molar refractivity (Wildman–Crippen MR) is 84.1 cm³/mol. The van der Waals surface area contributed by atoms with Crippen LogP contribution in [0.5, 0.6) is 0 Å². The normalized spacial score (nSPS) is 17.4. The van der Waals surface area contributed by atoms with Gasteiger partial charge in [0.1, 0.15) is 5.54 Å². The van der Waals surface area contributed by atoms with Crippen LogP contribution < -0.4 is 5.32 Å². The van der Waals surface area contributed by atoms with Gasteiger partial charge in [-0.2, -0.15) is 0 Å². The summed E-state index contributed by atoms with van der Waals surface area (Å²) >= 11 is 1.66. The smallest absolute Gasteiger partial charge is 0.162 e. The molecule has 0 aliphatic carbocycles. The van der Waals surface area contributed by atoms with Gasteiger partial charge in [-0.1, -0.05) is 50.3 Å². The topological polar surface area (TPSA) is 24.4 Å². The van der Waals surface area contributed by atoms with Gasteiger partial charge in [0.05, 0.1) is 0 Å². The lowest BCUT2D eigenvalue weighted by molar-refractivity contribution is 0.544. The van der Waals surface area contributed by atoms with Gasteiger partial charge in [-0.25, -0.2) is 4.99 Å². The first-order valence-electron chi connectivity index (χ1n) is 6.61. The maximum atomic E-state index is 4.80. The van der Waals surface area contributed by atoms with E-state index in [4.69, 9.17) is 4.99 Å². The molecular weight excluding hydrogens is 240 g/mol. The highest BCUT2D eigenvalue weighted by Crippen LogP contribution is 2.42. The molecule has 1 heterocycles. The zero-order valence-electron chi connectivity index (χ0n) is 11.4. The molecule has 2 nitrogen and oxygen atoms in total. The van der Waals surface area contributed by atoms with Gasteiger partial charge in [-0.15, -0.1) is 13.2 Å². The Bertz CT molecular complexity index is 334. The molecule has 0 radical (unpaired) electrons. The highest BCUT2D eigenvalue weighted by molar-refractivity contribution is 8.17. The van der Waals surface area contributed by atoms with Gasteiger partial charge < -0.3 is 5.32 Å². The number of nitrogens with zero attached hydrogens (tertiary/aromatic N) is 1. The molecule has 0 saturated heterocycles. The van der Waals surface area contributed by atoms with E-state index < -0.39 is 0 Å². The fraction of sp³-hybridized carbons (Fsp3) is 0.533. The maximum Gasteiger partial charge on any atom is 0.162 e. The molecule has 0 fully saturated rings. The lowest BCUT2D eigenvalue weighted by atomic mass is 9.92. The highest BCUT2D eigenvalue weighted by atomic mass is 32.2. The molecule has 0 atom stereocenters. The Hall–Kier alpha value is -0.960. The van der Waals surface area contributed by atoms with E-state index in [1.54, 1.807) is 11.8 Å². The lowest BCUT2D eigenvalue weighted by Gasteiger charge is -2.23. The van der Waals surface area contributed by atoms with Gasteiger partial charge in [-0.3, -0.25) is 0 Å². The Morgan fingerprint density at radius 3 is 2.50 bits per heavy atom. The number of nitrogens with one attached hydrogen (secondary N) is 1. The van der Waals surface area contributed by atoms with Gasteiger partial charge in [0.25, 0.3) is 0 Å². The van der Waals surface area contributed by atoms with Gasteiger partial charge >= 0.3 is 0 Å². The first kappa shape index (κ1) is 15.1. The number of unbranched alkanes of at least 4 members (excludes halogenated alkanes) is 2. The summed E-state index contributed by atoms with van der Waals surface area (Å²) in [6.07, 6.45) is 9.17. The Labute approximate surface area is 115 Å². The summed E-state index contributed by atoms with van der Waals surface area (Å²) in [5, 5.41) is 4.40. The molecule has 0 spiro atoms. The SMILES string of the molecule is C=CCC1(CC=C)N=C(NCCCCC)SC1=C. The van der Waals surface area contributed by atoms with Crippen LogP contribution in [0.4, 0.5) is 0 Å². The van der Waals surface area contributed by atoms with Crippen molar-refractivity contribution in [2.75, 3.05) is 6.54 Å². The monoisotopic (exact) mass is 264 g/mol. The molecule has 0 aromatic heterocycles. The summed E-state index contributed by atoms with van der Waals surface area (Å²) in [6.45, 7) is 15.0. The molecule has 100 valence electrons. The molecular formula is C15H24N2S. The van der Waals surface area contributed by atoms with Crippen molar-refractivity contribution in [3.8, 4) is 0 Å². The maximum absolute atomic E-state index is 4.80. The van der Waals surface area contributed by atoms with Gasteiger partial charge in [-0.05, 0) is 19.3 Å². The van der Waals surface area contributed by atoms with Crippen molar-refractivity contribution >= 4 is 16.9 Å². The van der Waals surface area contributed by atoms with E-state index in [0.29, 0.717) is 0 Å². The Morgan fingerprint density at radius 1 is 1.28 bits per heavy atom. The average Bonchev–Trinajstić information content (AvgIpc) is 2.63. The van der Waals surface area contributed by atoms with E-state index in [-0.39, 0.29) is 5.54 Å². The third kappa shape index (κ3) is 3.77. The number of aliphatic imine (C=N–C) groups is 1.